The van der Waals surface area contributed by atoms with E-state index in [9.17, 15) is 9.59 Å². The topological polar surface area (TPSA) is 40.6 Å². The molecular formula is C23H23BrN2O2. The highest BCUT2D eigenvalue weighted by atomic mass is 79.9. The van der Waals surface area contributed by atoms with Crippen LogP contribution in [-0.2, 0) is 9.59 Å². The molecule has 144 valence electrons. The fourth-order valence-corrected chi connectivity index (χ4v) is 4.27. The minimum Gasteiger partial charge on any atom is -0.366 e. The maximum atomic E-state index is 13.5. The molecule has 5 heteroatoms. The van der Waals surface area contributed by atoms with Crippen LogP contribution >= 0.6 is 15.9 Å². The summed E-state index contributed by atoms with van der Waals surface area (Å²) in [5.74, 6) is 0.0338. The van der Waals surface area contributed by atoms with Crippen LogP contribution in [0.5, 0.6) is 0 Å². The van der Waals surface area contributed by atoms with Gasteiger partial charge in [-0.05, 0) is 55.5 Å². The van der Waals surface area contributed by atoms with Gasteiger partial charge in [-0.15, -0.1) is 0 Å². The zero-order chi connectivity index (χ0) is 19.8. The van der Waals surface area contributed by atoms with Crippen molar-refractivity contribution in [2.24, 2.45) is 5.92 Å². The molecule has 2 aliphatic heterocycles. The summed E-state index contributed by atoms with van der Waals surface area (Å²) < 4.78 is 0.909. The predicted molar refractivity (Wildman–Crippen MR) is 115 cm³/mol. The van der Waals surface area contributed by atoms with E-state index in [-0.39, 0.29) is 11.8 Å². The van der Waals surface area contributed by atoms with Gasteiger partial charge in [-0.3, -0.25) is 9.59 Å². The van der Waals surface area contributed by atoms with Gasteiger partial charge in [0, 0.05) is 17.6 Å². The van der Waals surface area contributed by atoms with Crippen molar-refractivity contribution in [2.75, 3.05) is 18.0 Å². The summed E-state index contributed by atoms with van der Waals surface area (Å²) in [5.41, 5.74) is 3.59. The summed E-state index contributed by atoms with van der Waals surface area (Å²) in [5, 5.41) is 0. The number of hydrogen-bond acceptors (Lipinski definition) is 3. The Morgan fingerprint density at radius 1 is 0.964 bits per heavy atom. The molecule has 1 fully saturated rings. The summed E-state index contributed by atoms with van der Waals surface area (Å²) in [7, 11) is 0. The summed E-state index contributed by atoms with van der Waals surface area (Å²) >= 11 is 3.41. The Hall–Kier alpha value is -2.40. The SMILES string of the molecule is Cc1ccc(C2=C(N3CCCC(C)C3)C(=O)N(c3ccc(Br)cc3)C2=O)cc1. The van der Waals surface area contributed by atoms with E-state index in [0.717, 1.165) is 41.5 Å². The molecule has 0 bridgehead atoms. The average Bonchev–Trinajstić information content (AvgIpc) is 2.94. The number of carbonyl (C=O) groups excluding carboxylic acids is 2. The second kappa shape index (κ2) is 7.55. The maximum absolute atomic E-state index is 13.5. The highest BCUT2D eigenvalue weighted by Crippen LogP contribution is 2.36. The number of rotatable bonds is 3. The van der Waals surface area contributed by atoms with Crippen molar-refractivity contribution in [3.63, 3.8) is 0 Å². The van der Waals surface area contributed by atoms with Gasteiger partial charge in [0.1, 0.15) is 5.70 Å². The maximum Gasteiger partial charge on any atom is 0.282 e. The predicted octanol–water partition coefficient (Wildman–Crippen LogP) is 4.77. The van der Waals surface area contributed by atoms with Crippen LogP contribution in [0.2, 0.25) is 0 Å². The normalized spacial score (nSPS) is 20.3. The zero-order valence-electron chi connectivity index (χ0n) is 16.1. The standard InChI is InChI=1S/C23H23BrN2O2/c1-15-5-7-17(8-6-15)20-21(25-13-3-4-16(2)14-25)23(28)26(22(20)27)19-11-9-18(24)10-12-19/h5-12,16H,3-4,13-14H2,1-2H3. The number of carbonyl (C=O) groups is 2. The lowest BCUT2D eigenvalue weighted by Crippen LogP contribution is -2.39. The van der Waals surface area contributed by atoms with Crippen molar-refractivity contribution in [2.45, 2.75) is 26.7 Å². The summed E-state index contributed by atoms with van der Waals surface area (Å²) in [6, 6.07) is 15.1. The van der Waals surface area contributed by atoms with E-state index in [1.54, 1.807) is 12.1 Å². The Morgan fingerprint density at radius 2 is 1.64 bits per heavy atom. The number of halogens is 1. The molecule has 0 saturated carbocycles. The molecule has 1 unspecified atom stereocenters. The van der Waals surface area contributed by atoms with Crippen molar-refractivity contribution in [3.05, 3.63) is 69.8 Å². The van der Waals surface area contributed by atoms with E-state index in [1.165, 1.54) is 4.90 Å². The van der Waals surface area contributed by atoms with Gasteiger partial charge < -0.3 is 4.90 Å². The van der Waals surface area contributed by atoms with E-state index >= 15 is 0 Å². The Bertz CT molecular complexity index is 948. The first-order valence-corrected chi connectivity index (χ1v) is 10.5. The minimum absolute atomic E-state index is 0.225. The Balaban J connectivity index is 1.82. The molecule has 2 aromatic rings. The first-order chi connectivity index (χ1) is 13.5. The number of nitrogens with zero attached hydrogens (tertiary/aromatic N) is 2. The number of imide groups is 1. The third-order valence-corrected chi connectivity index (χ3v) is 5.99. The fraction of sp³-hybridized carbons (Fsp3) is 0.304. The van der Waals surface area contributed by atoms with Gasteiger partial charge in [0.15, 0.2) is 0 Å². The van der Waals surface area contributed by atoms with Gasteiger partial charge in [0.25, 0.3) is 11.8 Å². The lowest BCUT2D eigenvalue weighted by Gasteiger charge is -2.33. The van der Waals surface area contributed by atoms with Crippen LogP contribution in [0.3, 0.4) is 0 Å². The molecule has 0 N–H and O–H groups in total. The van der Waals surface area contributed by atoms with Gasteiger partial charge in [-0.25, -0.2) is 4.90 Å². The third-order valence-electron chi connectivity index (χ3n) is 5.46. The van der Waals surface area contributed by atoms with Crippen LogP contribution < -0.4 is 4.90 Å². The lowest BCUT2D eigenvalue weighted by atomic mass is 9.97. The van der Waals surface area contributed by atoms with Crippen molar-refractivity contribution in [3.8, 4) is 0 Å². The van der Waals surface area contributed by atoms with E-state index in [0.29, 0.717) is 22.9 Å². The fourth-order valence-electron chi connectivity index (χ4n) is 4.01. The first-order valence-electron chi connectivity index (χ1n) is 9.66. The van der Waals surface area contributed by atoms with Crippen LogP contribution in [0.1, 0.15) is 30.9 Å². The number of likely N-dealkylation sites (tertiary alicyclic amines) is 1. The molecule has 2 aromatic carbocycles. The molecule has 1 atom stereocenters. The van der Waals surface area contributed by atoms with E-state index in [1.807, 2.05) is 43.3 Å². The lowest BCUT2D eigenvalue weighted by molar-refractivity contribution is -0.120. The van der Waals surface area contributed by atoms with E-state index in [2.05, 4.69) is 27.8 Å². The molecule has 0 spiro atoms. The summed E-state index contributed by atoms with van der Waals surface area (Å²) in [4.78, 5) is 30.3. The van der Waals surface area contributed by atoms with Crippen molar-refractivity contribution < 1.29 is 9.59 Å². The molecule has 28 heavy (non-hydrogen) atoms. The molecule has 1 saturated heterocycles. The monoisotopic (exact) mass is 438 g/mol. The molecule has 0 aromatic heterocycles. The first kappa shape index (κ1) is 18.9. The number of benzene rings is 2. The number of aryl methyl sites for hydroxylation is 1. The highest BCUT2D eigenvalue weighted by Gasteiger charge is 2.43. The van der Waals surface area contributed by atoms with Crippen molar-refractivity contribution in [1.82, 2.24) is 4.90 Å². The minimum atomic E-state index is -0.246. The van der Waals surface area contributed by atoms with E-state index in [4.69, 9.17) is 0 Å². The largest absolute Gasteiger partial charge is 0.366 e. The van der Waals surface area contributed by atoms with Crippen LogP contribution in [0.25, 0.3) is 5.57 Å². The smallest absolute Gasteiger partial charge is 0.282 e. The van der Waals surface area contributed by atoms with Gasteiger partial charge >= 0.3 is 0 Å². The van der Waals surface area contributed by atoms with Crippen LogP contribution in [0, 0.1) is 12.8 Å². The molecule has 0 aliphatic carbocycles. The van der Waals surface area contributed by atoms with Crippen LogP contribution in [0.4, 0.5) is 5.69 Å². The number of hydrogen-bond donors (Lipinski definition) is 0. The second-order valence-electron chi connectivity index (χ2n) is 7.71. The van der Waals surface area contributed by atoms with E-state index < -0.39 is 0 Å². The van der Waals surface area contributed by atoms with Crippen molar-refractivity contribution >= 4 is 39.0 Å². The molecule has 4 nitrogen and oxygen atoms in total. The Labute approximate surface area is 174 Å². The van der Waals surface area contributed by atoms with Gasteiger partial charge in [0.05, 0.1) is 11.3 Å². The summed E-state index contributed by atoms with van der Waals surface area (Å²) in [6.07, 6.45) is 2.19. The quantitative estimate of drug-likeness (QED) is 0.647. The molecule has 4 rings (SSSR count). The number of anilines is 1. The second-order valence-corrected chi connectivity index (χ2v) is 8.62. The summed E-state index contributed by atoms with van der Waals surface area (Å²) in [6.45, 7) is 5.83. The van der Waals surface area contributed by atoms with Gasteiger partial charge in [-0.2, -0.15) is 0 Å². The zero-order valence-corrected chi connectivity index (χ0v) is 17.7. The number of amides is 2. The van der Waals surface area contributed by atoms with Crippen molar-refractivity contribution in [1.29, 1.82) is 0 Å². The Kier molecular flexibility index (Phi) is 5.11. The molecule has 2 heterocycles. The highest BCUT2D eigenvalue weighted by molar-refractivity contribution is 9.10. The van der Waals surface area contributed by atoms with Crippen LogP contribution in [-0.4, -0.2) is 29.8 Å². The van der Waals surface area contributed by atoms with Crippen LogP contribution in [0.15, 0.2) is 58.7 Å². The molecular weight excluding hydrogens is 416 g/mol. The molecule has 2 amide bonds. The van der Waals surface area contributed by atoms with Gasteiger partial charge in [0.2, 0.25) is 0 Å². The molecule has 2 aliphatic rings. The van der Waals surface area contributed by atoms with Gasteiger partial charge in [-0.1, -0.05) is 52.7 Å². The number of piperidine rings is 1. The third kappa shape index (κ3) is 3.39. The molecule has 0 radical (unpaired) electrons. The average molecular weight is 439 g/mol. The Morgan fingerprint density at radius 3 is 2.29 bits per heavy atom.